The molecule has 2 unspecified atom stereocenters. The Labute approximate surface area is 173 Å². The van der Waals surface area contributed by atoms with E-state index in [-0.39, 0.29) is 23.9 Å². The fourth-order valence-corrected chi connectivity index (χ4v) is 3.08. The Bertz CT molecular complexity index is 840. The molecule has 0 fully saturated rings. The van der Waals surface area contributed by atoms with Crippen LogP contribution in [-0.4, -0.2) is 57.6 Å². The molecule has 0 saturated heterocycles. The van der Waals surface area contributed by atoms with Gasteiger partial charge < -0.3 is 21.5 Å². The fraction of sp³-hybridized carbons (Fsp3) is 0.389. The summed E-state index contributed by atoms with van der Waals surface area (Å²) in [6.45, 7) is 2.44. The lowest BCUT2D eigenvalue weighted by molar-refractivity contribution is -0.136. The minimum absolute atomic E-state index is 0.110. The van der Waals surface area contributed by atoms with Crippen molar-refractivity contribution in [3.8, 4) is 0 Å². The van der Waals surface area contributed by atoms with Crippen molar-refractivity contribution in [2.75, 3.05) is 11.4 Å². The monoisotopic (exact) mass is 421 g/mol. The minimum atomic E-state index is -1.21. The number of carboxylic acid groups (broad SMARTS) is 1. The van der Waals surface area contributed by atoms with E-state index in [2.05, 4.69) is 4.99 Å². The van der Waals surface area contributed by atoms with E-state index in [9.17, 15) is 9.59 Å². The molecule has 10 nitrogen and oxygen atoms in total. The Kier molecular flexibility index (Phi) is 7.29. The van der Waals surface area contributed by atoms with Crippen molar-refractivity contribution in [3.05, 3.63) is 29.8 Å². The smallest absolute Gasteiger partial charge is 0.307 e. The lowest BCUT2D eigenvalue weighted by Crippen LogP contribution is -2.64. The number of carbonyl (C=O) groups is 2. The summed E-state index contributed by atoms with van der Waals surface area (Å²) in [5.74, 6) is -2.20. The number of primary amides is 1. The predicted molar refractivity (Wildman–Crippen MR) is 112 cm³/mol. The van der Waals surface area contributed by atoms with Crippen molar-refractivity contribution in [2.45, 2.75) is 37.9 Å². The highest BCUT2D eigenvalue weighted by atomic mass is 35.5. The Hall–Kier alpha value is -2.98. The molecule has 1 aromatic carbocycles. The van der Waals surface area contributed by atoms with Gasteiger partial charge in [0.25, 0.3) is 5.91 Å². The molecule has 0 radical (unpaired) electrons. The molecule has 0 aliphatic carbocycles. The molecule has 0 bridgehead atoms. The van der Waals surface area contributed by atoms with Crippen LogP contribution in [-0.2, 0) is 16.0 Å². The summed E-state index contributed by atoms with van der Waals surface area (Å²) in [7, 11) is 0. The van der Waals surface area contributed by atoms with Crippen LogP contribution in [0.25, 0.3) is 0 Å². The normalized spacial score (nSPS) is 18.9. The van der Waals surface area contributed by atoms with E-state index in [1.165, 1.54) is 0 Å². The lowest BCUT2D eigenvalue weighted by Gasteiger charge is -2.39. The van der Waals surface area contributed by atoms with Crippen LogP contribution >= 0.6 is 11.6 Å². The fourth-order valence-electron chi connectivity index (χ4n) is 2.87. The molecule has 1 aliphatic rings. The number of guanidine groups is 1. The summed E-state index contributed by atoms with van der Waals surface area (Å²) >= 11 is 6.05. The van der Waals surface area contributed by atoms with Crippen LogP contribution in [0.3, 0.4) is 0 Å². The zero-order valence-electron chi connectivity index (χ0n) is 15.9. The number of amidine groups is 1. The number of aliphatic imine (C=N–C) groups is 1. The average Bonchev–Trinajstić information content (AvgIpc) is 2.65. The Morgan fingerprint density at radius 3 is 2.48 bits per heavy atom. The van der Waals surface area contributed by atoms with Crippen LogP contribution in [0, 0.1) is 10.8 Å². The highest BCUT2D eigenvalue weighted by Gasteiger charge is 2.38. The van der Waals surface area contributed by atoms with Gasteiger partial charge in [-0.05, 0) is 24.1 Å². The summed E-state index contributed by atoms with van der Waals surface area (Å²) < 4.78 is 0. The Morgan fingerprint density at radius 1 is 1.34 bits per heavy atom. The van der Waals surface area contributed by atoms with Gasteiger partial charge in [-0.3, -0.25) is 30.3 Å². The Morgan fingerprint density at radius 2 is 1.97 bits per heavy atom. The third kappa shape index (κ3) is 5.09. The zero-order valence-corrected chi connectivity index (χ0v) is 16.7. The highest BCUT2D eigenvalue weighted by molar-refractivity contribution is 6.45. The minimum Gasteiger partial charge on any atom is -0.481 e. The second-order valence-corrected chi connectivity index (χ2v) is 6.89. The molecular weight excluding hydrogens is 398 g/mol. The average molecular weight is 422 g/mol. The molecule has 11 heteroatoms. The molecule has 2 rings (SSSR count). The van der Waals surface area contributed by atoms with Gasteiger partial charge in [0.05, 0.1) is 6.42 Å². The van der Waals surface area contributed by atoms with Gasteiger partial charge in [-0.15, -0.1) is 0 Å². The molecule has 2 atom stereocenters. The maximum atomic E-state index is 11.6. The van der Waals surface area contributed by atoms with Crippen molar-refractivity contribution in [2.24, 2.45) is 16.5 Å². The number of halogens is 1. The first-order chi connectivity index (χ1) is 13.7. The first kappa shape index (κ1) is 22.3. The van der Waals surface area contributed by atoms with E-state index >= 15 is 0 Å². The number of rotatable bonds is 7. The predicted octanol–water partition coefficient (Wildman–Crippen LogP) is 0.924. The third-order valence-electron chi connectivity index (χ3n) is 4.37. The van der Waals surface area contributed by atoms with Crippen molar-refractivity contribution >= 4 is 46.7 Å². The number of amides is 1. The number of anilines is 1. The number of aliphatic carboxylic acids is 1. The van der Waals surface area contributed by atoms with Gasteiger partial charge in [0.2, 0.25) is 5.96 Å². The molecule has 1 amide bonds. The molecule has 0 saturated carbocycles. The van der Waals surface area contributed by atoms with Crippen LogP contribution in [0.1, 0.15) is 25.3 Å². The topological polar surface area (TPSA) is 173 Å². The van der Waals surface area contributed by atoms with E-state index < -0.39 is 23.5 Å². The molecule has 1 aliphatic heterocycles. The molecule has 0 aromatic heterocycles. The summed E-state index contributed by atoms with van der Waals surface area (Å²) in [6.07, 6.45) is 0.284. The van der Waals surface area contributed by atoms with E-state index in [4.69, 9.17) is 39.0 Å². The molecule has 1 heterocycles. The molecule has 0 spiro atoms. The molecule has 1 aromatic rings. The first-order valence-corrected chi connectivity index (χ1v) is 9.42. The highest BCUT2D eigenvalue weighted by Crippen LogP contribution is 2.22. The van der Waals surface area contributed by atoms with Gasteiger partial charge in [-0.2, -0.15) is 0 Å². The number of nitrogens with two attached hydrogens (primary N) is 2. The van der Waals surface area contributed by atoms with Crippen LogP contribution < -0.4 is 16.4 Å². The second kappa shape index (κ2) is 9.48. The van der Waals surface area contributed by atoms with E-state index in [1.54, 1.807) is 29.2 Å². The second-order valence-electron chi connectivity index (χ2n) is 6.48. The maximum absolute atomic E-state index is 11.6. The Balaban J connectivity index is 2.37. The van der Waals surface area contributed by atoms with Gasteiger partial charge in [0.15, 0.2) is 5.50 Å². The number of nitrogens with zero attached hydrogens (tertiary/aromatic N) is 3. The number of carboxylic acids is 1. The first-order valence-electron chi connectivity index (χ1n) is 8.99. The molecule has 156 valence electrons. The number of nitrogens with one attached hydrogen (secondary N) is 2. The van der Waals surface area contributed by atoms with Gasteiger partial charge in [-0.25, -0.2) is 0 Å². The van der Waals surface area contributed by atoms with Crippen LogP contribution in [0.2, 0.25) is 0 Å². The van der Waals surface area contributed by atoms with Crippen LogP contribution in [0.4, 0.5) is 5.69 Å². The SMILES string of the molecule is CCCCN(C(=N)N1C(=N)C(Cl)N=C(C(N)=O)C1N)c1ccc(CC(=O)O)cc1. The quantitative estimate of drug-likeness (QED) is 0.189. The van der Waals surface area contributed by atoms with Crippen molar-refractivity contribution < 1.29 is 14.7 Å². The van der Waals surface area contributed by atoms with Crippen molar-refractivity contribution in [1.82, 2.24) is 4.90 Å². The number of carbonyl (C=O) groups excluding carboxylic acids is 1. The molecular formula is C18H24ClN7O3. The molecule has 29 heavy (non-hydrogen) atoms. The number of unbranched alkanes of at least 4 members (excludes halogenated alkanes) is 1. The van der Waals surface area contributed by atoms with Crippen LogP contribution in [0.5, 0.6) is 0 Å². The van der Waals surface area contributed by atoms with E-state index in [0.717, 1.165) is 17.7 Å². The lowest BCUT2D eigenvalue weighted by atomic mass is 10.1. The zero-order chi connectivity index (χ0) is 21.7. The summed E-state index contributed by atoms with van der Waals surface area (Å²) in [5.41, 5.74) is 11.2. The summed E-state index contributed by atoms with van der Waals surface area (Å²) in [5, 5.41) is 25.8. The van der Waals surface area contributed by atoms with Gasteiger partial charge in [0.1, 0.15) is 17.7 Å². The van der Waals surface area contributed by atoms with E-state index in [1.807, 2.05) is 6.92 Å². The standard InChI is InChI=1S/C18H24ClN7O3/c1-2-3-8-25(11-6-4-10(5-7-11)9-12(27)28)18(23)26-15(20)13(17(22)29)24-14(19)16(26)21/h4-7,14-15,21,23H,2-3,8-9,20H2,1H3,(H2,22,29)(H,27,28). The van der Waals surface area contributed by atoms with Gasteiger partial charge in [0, 0.05) is 12.2 Å². The summed E-state index contributed by atoms with van der Waals surface area (Å²) in [6, 6.07) is 6.72. The van der Waals surface area contributed by atoms with Crippen LogP contribution in [0.15, 0.2) is 29.3 Å². The van der Waals surface area contributed by atoms with E-state index in [0.29, 0.717) is 17.8 Å². The number of benzene rings is 1. The largest absolute Gasteiger partial charge is 0.481 e. The maximum Gasteiger partial charge on any atom is 0.307 e. The number of alkyl halides is 1. The third-order valence-corrected chi connectivity index (χ3v) is 4.68. The molecule has 7 N–H and O–H groups in total. The van der Waals surface area contributed by atoms with Crippen molar-refractivity contribution in [1.29, 1.82) is 10.8 Å². The number of hydrogen-bond donors (Lipinski definition) is 5. The number of hydrogen-bond acceptors (Lipinski definition) is 6. The van der Waals surface area contributed by atoms with Gasteiger partial charge >= 0.3 is 5.97 Å². The van der Waals surface area contributed by atoms with Crippen molar-refractivity contribution in [3.63, 3.8) is 0 Å². The van der Waals surface area contributed by atoms with Gasteiger partial charge in [-0.1, -0.05) is 37.1 Å². The summed E-state index contributed by atoms with van der Waals surface area (Å²) in [4.78, 5) is 29.1.